The molecule has 1 unspecified atom stereocenters. The number of amides is 1. The smallest absolute Gasteiger partial charge is 0.300 e. The van der Waals surface area contributed by atoms with Crippen LogP contribution < -0.4 is 24.0 Å². The van der Waals surface area contributed by atoms with Gasteiger partial charge in [0.1, 0.15) is 23.0 Å². The maximum atomic E-state index is 13.5. The van der Waals surface area contributed by atoms with Gasteiger partial charge in [0, 0.05) is 25.5 Å². The van der Waals surface area contributed by atoms with Gasteiger partial charge in [-0.2, -0.15) is 0 Å². The molecule has 4 rings (SSSR count). The van der Waals surface area contributed by atoms with Crippen molar-refractivity contribution in [2.75, 3.05) is 44.7 Å². The predicted molar refractivity (Wildman–Crippen MR) is 143 cm³/mol. The number of hydrogen-bond acceptors (Lipinski definition) is 7. The largest absolute Gasteiger partial charge is 0.507 e. The summed E-state index contributed by atoms with van der Waals surface area (Å²) in [6.07, 6.45) is 0. The minimum absolute atomic E-state index is 0.0538. The fourth-order valence-corrected chi connectivity index (χ4v) is 4.41. The van der Waals surface area contributed by atoms with Crippen molar-refractivity contribution < 1.29 is 28.9 Å². The number of ether oxygens (including phenoxy) is 3. The number of Topliss-reactive ketones (excluding diaryl/α,β-unsaturated/α-hetero) is 1. The lowest BCUT2D eigenvalue weighted by molar-refractivity contribution is -0.132. The second-order valence-electron chi connectivity index (χ2n) is 8.65. The van der Waals surface area contributed by atoms with E-state index in [4.69, 9.17) is 14.2 Å². The van der Waals surface area contributed by atoms with Crippen LogP contribution in [0.2, 0.25) is 0 Å². The molecule has 0 aromatic heterocycles. The number of benzene rings is 3. The van der Waals surface area contributed by atoms with Crippen LogP contribution in [0.1, 0.15) is 24.1 Å². The molecule has 8 heteroatoms. The monoisotopic (exact) mass is 502 g/mol. The molecule has 0 spiro atoms. The van der Waals surface area contributed by atoms with Gasteiger partial charge in [0.2, 0.25) is 0 Å². The summed E-state index contributed by atoms with van der Waals surface area (Å²) in [5.41, 5.74) is 2.27. The summed E-state index contributed by atoms with van der Waals surface area (Å²) < 4.78 is 16.4. The molecule has 3 aromatic rings. The van der Waals surface area contributed by atoms with Crippen molar-refractivity contribution in [3.05, 3.63) is 83.4 Å². The number of carbonyl (C=O) groups excluding carboxylic acids is 2. The first-order valence-corrected chi connectivity index (χ1v) is 11.8. The van der Waals surface area contributed by atoms with Crippen LogP contribution in [0.4, 0.5) is 11.4 Å². The van der Waals surface area contributed by atoms with Gasteiger partial charge in [-0.25, -0.2) is 0 Å². The normalized spacial score (nSPS) is 16.6. The van der Waals surface area contributed by atoms with Crippen LogP contribution in [0.3, 0.4) is 0 Å². The fourth-order valence-electron chi connectivity index (χ4n) is 4.41. The molecule has 1 amide bonds. The third kappa shape index (κ3) is 4.82. The Morgan fingerprint density at radius 3 is 2.30 bits per heavy atom. The fraction of sp³-hybridized carbons (Fsp3) is 0.241. The topological polar surface area (TPSA) is 88.5 Å². The van der Waals surface area contributed by atoms with Crippen LogP contribution in [0.15, 0.2) is 72.3 Å². The van der Waals surface area contributed by atoms with Crippen LogP contribution in [-0.4, -0.2) is 51.7 Å². The molecule has 0 saturated carbocycles. The van der Waals surface area contributed by atoms with Gasteiger partial charge >= 0.3 is 0 Å². The number of carbonyl (C=O) groups is 2. The van der Waals surface area contributed by atoms with E-state index in [0.29, 0.717) is 35.1 Å². The second-order valence-corrected chi connectivity index (χ2v) is 8.65. The quantitative estimate of drug-likeness (QED) is 0.269. The van der Waals surface area contributed by atoms with Crippen LogP contribution in [0.5, 0.6) is 17.2 Å². The van der Waals surface area contributed by atoms with Gasteiger partial charge in [-0.1, -0.05) is 12.1 Å². The Bertz CT molecular complexity index is 1350. The van der Waals surface area contributed by atoms with Gasteiger partial charge in [0.05, 0.1) is 38.0 Å². The molecule has 1 aliphatic heterocycles. The van der Waals surface area contributed by atoms with Crippen molar-refractivity contribution >= 4 is 28.8 Å². The number of anilines is 2. The van der Waals surface area contributed by atoms with Crippen molar-refractivity contribution in [3.63, 3.8) is 0 Å². The highest BCUT2D eigenvalue weighted by Gasteiger charge is 2.47. The minimum Gasteiger partial charge on any atom is -0.507 e. The van der Waals surface area contributed by atoms with E-state index in [1.165, 1.54) is 19.1 Å². The van der Waals surface area contributed by atoms with Crippen LogP contribution in [0, 0.1) is 0 Å². The molecule has 0 bridgehead atoms. The van der Waals surface area contributed by atoms with Crippen molar-refractivity contribution in [1.82, 2.24) is 0 Å². The molecule has 3 aromatic carbocycles. The summed E-state index contributed by atoms with van der Waals surface area (Å²) >= 11 is 0. The first kappa shape index (κ1) is 25.6. The van der Waals surface area contributed by atoms with Crippen LogP contribution in [0.25, 0.3) is 5.76 Å². The van der Waals surface area contributed by atoms with E-state index in [9.17, 15) is 14.7 Å². The Morgan fingerprint density at radius 1 is 0.946 bits per heavy atom. The Kier molecular flexibility index (Phi) is 7.38. The molecule has 0 radical (unpaired) electrons. The van der Waals surface area contributed by atoms with E-state index in [2.05, 4.69) is 0 Å². The van der Waals surface area contributed by atoms with Crippen molar-refractivity contribution in [2.45, 2.75) is 13.0 Å². The predicted octanol–water partition coefficient (Wildman–Crippen LogP) is 4.79. The summed E-state index contributed by atoms with van der Waals surface area (Å²) in [6, 6.07) is 18.5. The lowest BCUT2D eigenvalue weighted by Crippen LogP contribution is -2.29. The molecule has 1 heterocycles. The number of aliphatic hydroxyl groups is 1. The summed E-state index contributed by atoms with van der Waals surface area (Å²) in [5.74, 6) is -0.507. The lowest BCUT2D eigenvalue weighted by Gasteiger charge is -2.26. The molecule has 192 valence electrons. The molecule has 1 saturated heterocycles. The Labute approximate surface area is 216 Å². The zero-order chi connectivity index (χ0) is 26.7. The second kappa shape index (κ2) is 10.7. The highest BCUT2D eigenvalue weighted by Crippen LogP contribution is 2.44. The van der Waals surface area contributed by atoms with E-state index in [1.807, 2.05) is 38.1 Å². The maximum absolute atomic E-state index is 13.5. The average Bonchev–Trinajstić information content (AvgIpc) is 3.18. The van der Waals surface area contributed by atoms with Crippen molar-refractivity contribution in [1.29, 1.82) is 0 Å². The number of aliphatic hydroxyl groups excluding tert-OH is 1. The molecule has 1 aliphatic rings. The lowest BCUT2D eigenvalue weighted by atomic mass is 9.94. The number of methoxy groups -OCH3 is 2. The molecule has 1 N–H and O–H groups in total. The zero-order valence-corrected chi connectivity index (χ0v) is 21.5. The van der Waals surface area contributed by atoms with Gasteiger partial charge in [0.15, 0.2) is 0 Å². The summed E-state index contributed by atoms with van der Waals surface area (Å²) in [7, 11) is 6.80. The molecular formula is C29H30N2O6. The van der Waals surface area contributed by atoms with E-state index in [1.54, 1.807) is 54.6 Å². The maximum Gasteiger partial charge on any atom is 0.300 e. The van der Waals surface area contributed by atoms with Gasteiger partial charge < -0.3 is 24.2 Å². The summed E-state index contributed by atoms with van der Waals surface area (Å²) in [6.45, 7) is 2.33. The van der Waals surface area contributed by atoms with Crippen LogP contribution in [-0.2, 0) is 9.59 Å². The third-order valence-corrected chi connectivity index (χ3v) is 6.24. The van der Waals surface area contributed by atoms with E-state index < -0.39 is 17.7 Å². The molecule has 1 atom stereocenters. The molecule has 8 nitrogen and oxygen atoms in total. The highest BCUT2D eigenvalue weighted by atomic mass is 16.5. The Balaban J connectivity index is 1.96. The number of ketones is 1. The SMILES string of the molecule is CCOc1cccc(C2/C(=C(\O)c3cc(OC)ccc3OC)C(=O)C(=O)N2c2ccc(N(C)C)cc2)c1. The number of hydrogen-bond donors (Lipinski definition) is 1. The van der Waals surface area contributed by atoms with Crippen molar-refractivity contribution in [2.24, 2.45) is 0 Å². The van der Waals surface area contributed by atoms with Crippen LogP contribution >= 0.6 is 0 Å². The molecule has 37 heavy (non-hydrogen) atoms. The Morgan fingerprint density at radius 2 is 1.68 bits per heavy atom. The third-order valence-electron chi connectivity index (χ3n) is 6.24. The van der Waals surface area contributed by atoms with Gasteiger partial charge in [0.25, 0.3) is 11.7 Å². The number of nitrogens with zero attached hydrogens (tertiary/aromatic N) is 2. The minimum atomic E-state index is -0.901. The van der Waals surface area contributed by atoms with Gasteiger partial charge in [-0.3, -0.25) is 14.5 Å². The molecular weight excluding hydrogens is 472 g/mol. The van der Waals surface area contributed by atoms with Crippen molar-refractivity contribution in [3.8, 4) is 17.2 Å². The summed E-state index contributed by atoms with van der Waals surface area (Å²) in [4.78, 5) is 30.3. The number of rotatable bonds is 8. The average molecular weight is 503 g/mol. The standard InChI is InChI=1S/C29H30N2O6/c1-6-37-22-9-7-8-18(16-22)26-25(27(32)23-17-21(35-4)14-15-24(23)36-5)28(33)29(34)31(26)20-12-10-19(11-13-20)30(2)3/h7-17,26,32H,6H2,1-5H3/b27-25+. The van der Waals surface area contributed by atoms with Gasteiger partial charge in [-0.05, 0) is 67.1 Å². The van der Waals surface area contributed by atoms with E-state index in [-0.39, 0.29) is 16.9 Å². The molecule has 1 fully saturated rings. The van der Waals surface area contributed by atoms with Gasteiger partial charge in [-0.15, -0.1) is 0 Å². The molecule has 0 aliphatic carbocycles. The first-order valence-electron chi connectivity index (χ1n) is 11.8. The Hall–Kier alpha value is -4.46. The summed E-state index contributed by atoms with van der Waals surface area (Å²) in [5, 5.41) is 11.5. The zero-order valence-electron chi connectivity index (χ0n) is 21.5. The van der Waals surface area contributed by atoms with E-state index in [0.717, 1.165) is 5.69 Å². The van der Waals surface area contributed by atoms with E-state index >= 15 is 0 Å². The first-order chi connectivity index (χ1) is 17.8. The highest BCUT2D eigenvalue weighted by molar-refractivity contribution is 6.51.